The molecule has 2 nitrogen and oxygen atoms in total. The molecular weight excluding hydrogens is 320 g/mol. The molecule has 0 heterocycles. The maximum Gasteiger partial charge on any atom is 0.339 e. The van der Waals surface area contributed by atoms with Crippen LogP contribution < -0.4 is 0 Å². The summed E-state index contributed by atoms with van der Waals surface area (Å²) in [5.41, 5.74) is 0.479. The molecular formula is C24H24O2. The van der Waals surface area contributed by atoms with E-state index >= 15 is 0 Å². The smallest absolute Gasteiger partial charge is 0.339 e. The predicted molar refractivity (Wildman–Crippen MR) is 105 cm³/mol. The largest absolute Gasteiger partial charge is 0.455 e. The van der Waals surface area contributed by atoms with E-state index in [-0.39, 0.29) is 11.6 Å². The fraction of sp³-hybridized carbons (Fsp3) is 0.375. The van der Waals surface area contributed by atoms with E-state index in [1.165, 1.54) is 19.3 Å². The lowest BCUT2D eigenvalue weighted by molar-refractivity contribution is -0.0503. The number of ether oxygens (including phenoxy) is 1. The lowest BCUT2D eigenvalue weighted by Crippen LogP contribution is -2.40. The fourth-order valence-corrected chi connectivity index (χ4v) is 5.49. The molecule has 0 N–H and O–H groups in total. The van der Waals surface area contributed by atoms with Crippen molar-refractivity contribution < 1.29 is 9.53 Å². The summed E-state index contributed by atoms with van der Waals surface area (Å²) >= 11 is 0. The van der Waals surface area contributed by atoms with Crippen LogP contribution in [-0.2, 0) is 4.74 Å². The number of benzene rings is 3. The number of carbonyl (C=O) groups excluding carboxylic acids is 1. The van der Waals surface area contributed by atoms with Gasteiger partial charge in [0, 0.05) is 0 Å². The van der Waals surface area contributed by atoms with Crippen molar-refractivity contribution in [2.75, 3.05) is 0 Å². The maximum atomic E-state index is 13.4. The van der Waals surface area contributed by atoms with Crippen LogP contribution in [0.2, 0.25) is 0 Å². The molecule has 0 saturated heterocycles. The first-order valence-electron chi connectivity index (χ1n) is 9.84. The Labute approximate surface area is 154 Å². The van der Waals surface area contributed by atoms with Gasteiger partial charge >= 0.3 is 5.97 Å². The van der Waals surface area contributed by atoms with E-state index in [4.69, 9.17) is 4.74 Å². The first kappa shape index (κ1) is 15.9. The number of carbonyl (C=O) groups is 1. The molecule has 3 unspecified atom stereocenters. The van der Waals surface area contributed by atoms with Crippen molar-refractivity contribution in [3.05, 3.63) is 60.2 Å². The summed E-state index contributed by atoms with van der Waals surface area (Å²) < 4.78 is 6.35. The van der Waals surface area contributed by atoms with Gasteiger partial charge in [-0.1, -0.05) is 55.5 Å². The van der Waals surface area contributed by atoms with E-state index in [0.29, 0.717) is 5.92 Å². The van der Waals surface area contributed by atoms with E-state index < -0.39 is 0 Å². The first-order chi connectivity index (χ1) is 12.7. The highest BCUT2D eigenvalue weighted by Gasteiger charge is 2.52. The monoisotopic (exact) mass is 344 g/mol. The Kier molecular flexibility index (Phi) is 3.56. The quantitative estimate of drug-likeness (QED) is 0.423. The number of fused-ring (bicyclic) bond motifs is 4. The molecule has 2 bridgehead atoms. The maximum absolute atomic E-state index is 13.4. The normalized spacial score (nSPS) is 27.3. The second kappa shape index (κ2) is 5.84. The van der Waals surface area contributed by atoms with Crippen LogP contribution >= 0.6 is 0 Å². The highest BCUT2D eigenvalue weighted by atomic mass is 16.6. The van der Waals surface area contributed by atoms with Crippen LogP contribution in [0.4, 0.5) is 0 Å². The average molecular weight is 344 g/mol. The van der Waals surface area contributed by atoms with Crippen molar-refractivity contribution >= 4 is 27.5 Å². The summed E-state index contributed by atoms with van der Waals surface area (Å²) in [6, 6.07) is 18.4. The predicted octanol–water partition coefficient (Wildman–Crippen LogP) is 6.12. The van der Waals surface area contributed by atoms with Gasteiger partial charge < -0.3 is 4.74 Å². The minimum atomic E-state index is -0.252. The van der Waals surface area contributed by atoms with Crippen LogP contribution in [-0.4, -0.2) is 11.6 Å². The summed E-state index contributed by atoms with van der Waals surface area (Å²) in [4.78, 5) is 13.4. The topological polar surface area (TPSA) is 26.3 Å². The highest BCUT2D eigenvalue weighted by Crippen LogP contribution is 2.54. The Morgan fingerprint density at radius 2 is 1.69 bits per heavy atom. The van der Waals surface area contributed by atoms with Crippen molar-refractivity contribution in [1.82, 2.24) is 0 Å². The third-order valence-electron chi connectivity index (χ3n) is 6.79. The van der Waals surface area contributed by atoms with Crippen LogP contribution in [0.3, 0.4) is 0 Å². The lowest BCUT2D eigenvalue weighted by atomic mass is 9.82. The Hall–Kier alpha value is -2.35. The Balaban J connectivity index is 1.64. The minimum absolute atomic E-state index is 0.146. The molecule has 0 radical (unpaired) electrons. The molecule has 3 aromatic carbocycles. The van der Waals surface area contributed by atoms with E-state index in [1.54, 1.807) is 0 Å². The van der Waals surface area contributed by atoms with E-state index in [0.717, 1.165) is 45.9 Å². The molecule has 2 fully saturated rings. The fourth-order valence-electron chi connectivity index (χ4n) is 5.49. The number of hydrogen-bond donors (Lipinski definition) is 0. The lowest BCUT2D eigenvalue weighted by Gasteiger charge is -2.36. The number of rotatable bonds is 3. The summed E-state index contributed by atoms with van der Waals surface area (Å²) in [6.07, 6.45) is 5.71. The molecule has 3 aromatic rings. The summed E-state index contributed by atoms with van der Waals surface area (Å²) in [5, 5.41) is 4.17. The standard InChI is InChI=1S/C24H24O2/c1-2-24(15-16-11-12-19(24)13-16)26-23(25)22-20-9-5-3-7-17(20)14-18-8-4-6-10-21(18)22/h3-10,14,16,19H,2,11-13,15H2,1H3. The Morgan fingerprint density at radius 1 is 1.04 bits per heavy atom. The summed E-state index contributed by atoms with van der Waals surface area (Å²) in [5.74, 6) is 1.15. The molecule has 0 amide bonds. The molecule has 5 rings (SSSR count). The second-order valence-corrected chi connectivity index (χ2v) is 8.08. The van der Waals surface area contributed by atoms with E-state index in [2.05, 4.69) is 25.1 Å². The van der Waals surface area contributed by atoms with Crippen LogP contribution in [0.25, 0.3) is 21.5 Å². The van der Waals surface area contributed by atoms with Gasteiger partial charge in [0.05, 0.1) is 5.56 Å². The molecule has 26 heavy (non-hydrogen) atoms. The molecule has 2 saturated carbocycles. The average Bonchev–Trinajstić information content (AvgIpc) is 3.27. The SMILES string of the molecule is CCC1(OC(=O)c2c3ccccc3cc3ccccc23)CC2CCC1C2. The zero-order chi connectivity index (χ0) is 17.7. The van der Waals surface area contributed by atoms with Crippen LogP contribution in [0.5, 0.6) is 0 Å². The van der Waals surface area contributed by atoms with Crippen LogP contribution in [0.15, 0.2) is 54.6 Å². The van der Waals surface area contributed by atoms with Gasteiger partial charge in [-0.2, -0.15) is 0 Å². The van der Waals surface area contributed by atoms with Gasteiger partial charge in [0.2, 0.25) is 0 Å². The molecule has 0 aromatic heterocycles. The summed E-state index contributed by atoms with van der Waals surface area (Å²) in [7, 11) is 0. The van der Waals surface area contributed by atoms with Crippen LogP contribution in [0.1, 0.15) is 49.4 Å². The number of esters is 1. The minimum Gasteiger partial charge on any atom is -0.455 e. The molecule has 0 aliphatic heterocycles. The van der Waals surface area contributed by atoms with Crippen molar-refractivity contribution in [2.45, 2.75) is 44.6 Å². The van der Waals surface area contributed by atoms with Gasteiger partial charge in [-0.05, 0) is 71.6 Å². The molecule has 2 aliphatic carbocycles. The van der Waals surface area contributed by atoms with E-state index in [9.17, 15) is 4.79 Å². The molecule has 132 valence electrons. The second-order valence-electron chi connectivity index (χ2n) is 8.08. The van der Waals surface area contributed by atoms with Gasteiger partial charge in [-0.25, -0.2) is 4.79 Å². The summed E-state index contributed by atoms with van der Waals surface area (Å²) in [6.45, 7) is 2.18. The van der Waals surface area contributed by atoms with Gasteiger partial charge in [-0.15, -0.1) is 0 Å². The van der Waals surface area contributed by atoms with E-state index in [1.807, 2.05) is 36.4 Å². The van der Waals surface area contributed by atoms with Gasteiger partial charge in [0.15, 0.2) is 0 Å². The third-order valence-corrected chi connectivity index (χ3v) is 6.79. The van der Waals surface area contributed by atoms with Crippen molar-refractivity contribution in [3.63, 3.8) is 0 Å². The van der Waals surface area contributed by atoms with Gasteiger partial charge in [-0.3, -0.25) is 0 Å². The molecule has 2 heteroatoms. The number of hydrogen-bond acceptors (Lipinski definition) is 2. The van der Waals surface area contributed by atoms with Crippen molar-refractivity contribution in [3.8, 4) is 0 Å². The highest BCUT2D eigenvalue weighted by molar-refractivity contribution is 6.16. The third kappa shape index (κ3) is 2.28. The van der Waals surface area contributed by atoms with Crippen molar-refractivity contribution in [2.24, 2.45) is 11.8 Å². The van der Waals surface area contributed by atoms with Gasteiger partial charge in [0.25, 0.3) is 0 Å². The van der Waals surface area contributed by atoms with Gasteiger partial charge in [0.1, 0.15) is 5.60 Å². The first-order valence-corrected chi connectivity index (χ1v) is 9.84. The molecule has 0 spiro atoms. The zero-order valence-corrected chi connectivity index (χ0v) is 15.2. The van der Waals surface area contributed by atoms with Crippen molar-refractivity contribution in [1.29, 1.82) is 0 Å². The Bertz CT molecular complexity index is 951. The zero-order valence-electron chi connectivity index (χ0n) is 15.2. The molecule has 2 aliphatic rings. The Morgan fingerprint density at radius 3 is 2.23 bits per heavy atom. The van der Waals surface area contributed by atoms with Crippen LogP contribution in [0, 0.1) is 11.8 Å². The molecule has 3 atom stereocenters.